The van der Waals surface area contributed by atoms with Crippen molar-refractivity contribution < 1.29 is 8.78 Å². The fourth-order valence-electron chi connectivity index (χ4n) is 5.57. The van der Waals surface area contributed by atoms with Gasteiger partial charge in [0.05, 0.1) is 0 Å². The van der Waals surface area contributed by atoms with E-state index < -0.39 is 24.3 Å². The van der Waals surface area contributed by atoms with Gasteiger partial charge >= 0.3 is 198 Å². The van der Waals surface area contributed by atoms with E-state index in [0.717, 1.165) is 18.4 Å². The van der Waals surface area contributed by atoms with Gasteiger partial charge in [0.2, 0.25) is 0 Å². The van der Waals surface area contributed by atoms with Gasteiger partial charge in [-0.05, 0) is 0 Å². The maximum atomic E-state index is 14.9. The van der Waals surface area contributed by atoms with Crippen LogP contribution >= 0.6 is 11.3 Å². The van der Waals surface area contributed by atoms with E-state index in [2.05, 4.69) is 39.8 Å². The molecule has 37 heavy (non-hydrogen) atoms. The van der Waals surface area contributed by atoms with Gasteiger partial charge in [-0.3, -0.25) is 0 Å². The van der Waals surface area contributed by atoms with Crippen molar-refractivity contribution in [3.05, 3.63) is 42.0 Å². The van der Waals surface area contributed by atoms with Crippen LogP contribution in [0.2, 0.25) is 13.3 Å². The topological polar surface area (TPSA) is 0 Å². The molecule has 0 amide bonds. The van der Waals surface area contributed by atoms with E-state index in [9.17, 15) is 8.78 Å². The van der Waals surface area contributed by atoms with E-state index in [4.69, 9.17) is 0 Å². The van der Waals surface area contributed by atoms with Gasteiger partial charge in [0, 0.05) is 0 Å². The summed E-state index contributed by atoms with van der Waals surface area (Å²) >= 11 is -0.449. The Kier molecular flexibility index (Phi) is 16.0. The predicted octanol–water partition coefficient (Wildman–Crippen LogP) is 12.1. The number of hydrogen-bond donors (Lipinski definition) is 0. The third-order valence-corrected chi connectivity index (χ3v) is 27.5. The molecule has 0 saturated carbocycles. The average Bonchev–Trinajstić information content (AvgIpc) is 3.41. The van der Waals surface area contributed by atoms with Crippen molar-refractivity contribution in [1.29, 1.82) is 0 Å². The van der Waals surface area contributed by atoms with Gasteiger partial charge in [-0.1, -0.05) is 39.0 Å². The van der Waals surface area contributed by atoms with Crippen LogP contribution in [0.1, 0.15) is 130 Å². The molecule has 0 bridgehead atoms. The van der Waals surface area contributed by atoms with Crippen LogP contribution in [0.25, 0.3) is 10.4 Å². The normalized spacial score (nSPS) is 12.4. The number of halogens is 2. The Morgan fingerprint density at radius 3 is 1.59 bits per heavy atom. The summed E-state index contributed by atoms with van der Waals surface area (Å²) in [5.74, 6) is -2.73. The van der Waals surface area contributed by atoms with Crippen molar-refractivity contribution in [2.45, 2.75) is 143 Å². The summed E-state index contributed by atoms with van der Waals surface area (Å²) in [5, 5.41) is 0. The first-order valence-electron chi connectivity index (χ1n) is 15.5. The first-order valence-corrected chi connectivity index (χ1v) is 23.8. The average molecular weight is 640 g/mol. The molecular formula is C33H54F2SSn. The number of unbranched alkanes of at least 4 members (excludes halogenated alkanes) is 10. The Morgan fingerprint density at radius 2 is 1.08 bits per heavy atom. The van der Waals surface area contributed by atoms with E-state index in [-0.39, 0.29) is 12.0 Å². The van der Waals surface area contributed by atoms with Crippen LogP contribution in [0.3, 0.4) is 0 Å². The summed E-state index contributed by atoms with van der Waals surface area (Å²) in [5.41, 5.74) is 1.28. The Hall–Kier alpha value is -0.421. The van der Waals surface area contributed by atoms with E-state index in [1.54, 1.807) is 15.0 Å². The zero-order chi connectivity index (χ0) is 27.0. The van der Waals surface area contributed by atoms with E-state index in [1.165, 1.54) is 88.8 Å². The molecule has 1 aromatic heterocycles. The first-order chi connectivity index (χ1) is 17.9. The maximum absolute atomic E-state index is 14.9. The van der Waals surface area contributed by atoms with Crippen LogP contribution < -0.4 is 2.89 Å². The Labute approximate surface area is 235 Å². The van der Waals surface area contributed by atoms with Crippen molar-refractivity contribution >= 4 is 32.6 Å². The zero-order valence-electron chi connectivity index (χ0n) is 24.4. The van der Waals surface area contributed by atoms with E-state index in [0.29, 0.717) is 6.42 Å². The monoisotopic (exact) mass is 640 g/mol. The van der Waals surface area contributed by atoms with Crippen LogP contribution in [0.5, 0.6) is 0 Å². The minimum atomic E-state index is -2.73. The SMILES string of the molecule is CCCCCCCCCCC(F)(F)c1ccc(-c2cc[c]([Sn]([CH2]CCC)([CH2]CCC)[CH2]CCC)s2)cc1. The molecule has 210 valence electrons. The molecular weight excluding hydrogens is 585 g/mol. The molecule has 0 nitrogen and oxygen atoms in total. The van der Waals surface area contributed by atoms with Gasteiger partial charge in [-0.2, -0.15) is 0 Å². The second-order valence-corrected chi connectivity index (χ2v) is 26.5. The zero-order valence-corrected chi connectivity index (χ0v) is 28.0. The Morgan fingerprint density at radius 1 is 0.595 bits per heavy atom. The van der Waals surface area contributed by atoms with Gasteiger partial charge < -0.3 is 0 Å². The van der Waals surface area contributed by atoms with Crippen LogP contribution in [0.4, 0.5) is 8.78 Å². The minimum absolute atomic E-state index is 0.0340. The molecule has 0 aliphatic rings. The third kappa shape index (κ3) is 10.9. The molecule has 2 rings (SSSR count). The molecule has 4 heteroatoms. The molecule has 0 aliphatic heterocycles. The second-order valence-electron chi connectivity index (χ2n) is 11.3. The summed E-state index contributed by atoms with van der Waals surface area (Å²) < 4.78 is 35.9. The molecule has 0 radical (unpaired) electrons. The van der Waals surface area contributed by atoms with E-state index in [1.807, 2.05) is 23.5 Å². The summed E-state index contributed by atoms with van der Waals surface area (Å²) in [6, 6.07) is 12.0. The summed E-state index contributed by atoms with van der Waals surface area (Å²) in [7, 11) is 0. The summed E-state index contributed by atoms with van der Waals surface area (Å²) in [6.07, 6.45) is 16.8. The molecule has 2 aromatic rings. The van der Waals surface area contributed by atoms with Crippen molar-refractivity contribution in [2.75, 3.05) is 0 Å². The predicted molar refractivity (Wildman–Crippen MR) is 165 cm³/mol. The molecule has 1 aromatic carbocycles. The molecule has 0 atom stereocenters. The number of rotatable bonds is 21. The van der Waals surface area contributed by atoms with Gasteiger partial charge in [0.1, 0.15) is 0 Å². The summed E-state index contributed by atoms with van der Waals surface area (Å²) in [4.78, 5) is 1.26. The van der Waals surface area contributed by atoms with Crippen LogP contribution in [-0.4, -0.2) is 18.4 Å². The fourth-order valence-corrected chi connectivity index (χ4v) is 25.7. The molecule has 1 heterocycles. The molecule has 0 aliphatic carbocycles. The number of thiophene rings is 1. The van der Waals surface area contributed by atoms with Crippen molar-refractivity contribution in [3.63, 3.8) is 0 Å². The van der Waals surface area contributed by atoms with Crippen molar-refractivity contribution in [3.8, 4) is 10.4 Å². The van der Waals surface area contributed by atoms with Gasteiger partial charge in [0.25, 0.3) is 0 Å². The molecule has 0 fully saturated rings. The van der Waals surface area contributed by atoms with Gasteiger partial charge in [0.15, 0.2) is 0 Å². The fraction of sp³-hybridized carbons (Fsp3) is 0.697. The van der Waals surface area contributed by atoms with Gasteiger partial charge in [-0.25, -0.2) is 0 Å². The van der Waals surface area contributed by atoms with Crippen LogP contribution in [0.15, 0.2) is 36.4 Å². The quantitative estimate of drug-likeness (QED) is 0.0942. The molecule has 0 spiro atoms. The molecule has 0 N–H and O–H groups in total. The molecule has 0 unspecified atom stereocenters. The van der Waals surface area contributed by atoms with E-state index >= 15 is 0 Å². The van der Waals surface area contributed by atoms with Crippen LogP contribution in [-0.2, 0) is 5.92 Å². The van der Waals surface area contributed by atoms with Crippen molar-refractivity contribution in [1.82, 2.24) is 0 Å². The number of alkyl halides is 2. The Balaban J connectivity index is 2.04. The van der Waals surface area contributed by atoms with Crippen LogP contribution in [0, 0.1) is 0 Å². The first kappa shape index (κ1) is 32.8. The Bertz CT molecular complexity index is 820. The number of hydrogen-bond acceptors (Lipinski definition) is 1. The second kappa shape index (κ2) is 18.0. The number of benzene rings is 1. The van der Waals surface area contributed by atoms with Gasteiger partial charge in [-0.15, -0.1) is 0 Å². The standard InChI is InChI=1S/C21H27F2S.3C4H9.Sn/c1-2-3-4-5-6-7-8-9-16-21(22,23)19-14-12-18(13-15-19)20-11-10-17-24-20;3*1-3-4-2;/h10-15H,2-9,16H2,1H3;3*1,3-4H2,2H3;. The summed E-state index contributed by atoms with van der Waals surface area (Å²) in [6.45, 7) is 9.18. The molecule has 0 saturated heterocycles. The van der Waals surface area contributed by atoms with Crippen molar-refractivity contribution in [2.24, 2.45) is 0 Å². The third-order valence-electron chi connectivity index (χ3n) is 8.09.